The molecule has 1 aromatic rings. The molecule has 0 spiro atoms. The van der Waals surface area contributed by atoms with Gasteiger partial charge in [0.1, 0.15) is 0 Å². The van der Waals surface area contributed by atoms with Crippen molar-refractivity contribution in [3.63, 3.8) is 0 Å². The minimum absolute atomic E-state index is 0.0359. The van der Waals surface area contributed by atoms with Crippen molar-refractivity contribution in [2.24, 2.45) is 0 Å². The lowest BCUT2D eigenvalue weighted by Gasteiger charge is -2.21. The van der Waals surface area contributed by atoms with Crippen LogP contribution < -0.4 is 0 Å². The van der Waals surface area contributed by atoms with Crippen molar-refractivity contribution in [3.05, 3.63) is 29.8 Å². The normalized spacial score (nSPS) is 17.4. The van der Waals surface area contributed by atoms with Gasteiger partial charge in [-0.1, -0.05) is 25.0 Å². The summed E-state index contributed by atoms with van der Waals surface area (Å²) >= 11 is 0. The number of sulfonamides is 1. The Kier molecular flexibility index (Phi) is 4.77. The Morgan fingerprint density at radius 3 is 2.30 bits per heavy atom. The summed E-state index contributed by atoms with van der Waals surface area (Å²) in [5.74, 6) is -0.626. The van der Waals surface area contributed by atoms with Crippen LogP contribution in [0.2, 0.25) is 0 Å². The van der Waals surface area contributed by atoms with Gasteiger partial charge >= 0.3 is 5.97 Å². The summed E-state index contributed by atoms with van der Waals surface area (Å²) < 4.78 is 31.5. The van der Waals surface area contributed by atoms with E-state index >= 15 is 0 Å². The number of benzene rings is 1. The van der Waals surface area contributed by atoms with Gasteiger partial charge < -0.3 is 4.74 Å². The van der Waals surface area contributed by atoms with Crippen LogP contribution in [-0.4, -0.2) is 38.9 Å². The first-order valence-corrected chi connectivity index (χ1v) is 8.19. The molecule has 0 radical (unpaired) electrons. The van der Waals surface area contributed by atoms with E-state index in [0.29, 0.717) is 13.1 Å². The van der Waals surface area contributed by atoms with Gasteiger partial charge in [0.05, 0.1) is 17.6 Å². The summed E-state index contributed by atoms with van der Waals surface area (Å²) in [6.07, 6.45) is 3.81. The lowest BCUT2D eigenvalue weighted by Crippen LogP contribution is -2.33. The molecule has 0 bridgehead atoms. The highest BCUT2D eigenvalue weighted by molar-refractivity contribution is 7.89. The minimum Gasteiger partial charge on any atom is -0.465 e. The molecule has 1 saturated heterocycles. The molecule has 6 heteroatoms. The molecule has 0 atom stereocenters. The number of nitrogens with zero attached hydrogens (tertiary/aromatic N) is 1. The summed E-state index contributed by atoms with van der Waals surface area (Å²) in [7, 11) is -2.39. The molecule has 20 heavy (non-hydrogen) atoms. The zero-order valence-electron chi connectivity index (χ0n) is 11.5. The highest BCUT2D eigenvalue weighted by atomic mass is 32.2. The Labute approximate surface area is 119 Å². The average Bonchev–Trinajstić information content (AvgIpc) is 2.76. The first-order valence-electron chi connectivity index (χ1n) is 6.75. The topological polar surface area (TPSA) is 63.7 Å². The fraction of sp³-hybridized carbons (Fsp3) is 0.500. The third kappa shape index (κ3) is 3.02. The smallest absolute Gasteiger partial charge is 0.339 e. The number of hydrogen-bond donors (Lipinski definition) is 0. The lowest BCUT2D eigenvalue weighted by molar-refractivity contribution is 0.0596. The maximum absolute atomic E-state index is 12.7. The maximum Gasteiger partial charge on any atom is 0.339 e. The van der Waals surface area contributed by atoms with E-state index < -0.39 is 16.0 Å². The molecule has 0 amide bonds. The zero-order valence-corrected chi connectivity index (χ0v) is 12.4. The van der Waals surface area contributed by atoms with Crippen molar-refractivity contribution >= 4 is 16.0 Å². The molecule has 0 saturated carbocycles. The number of rotatable bonds is 3. The summed E-state index contributed by atoms with van der Waals surface area (Å²) in [6.45, 7) is 1.02. The van der Waals surface area contributed by atoms with Crippen LogP contribution in [0.5, 0.6) is 0 Å². The number of esters is 1. The molecule has 5 nitrogen and oxygen atoms in total. The lowest BCUT2D eigenvalue weighted by atomic mass is 10.2. The molecular weight excluding hydrogens is 278 g/mol. The van der Waals surface area contributed by atoms with E-state index in [4.69, 9.17) is 0 Å². The van der Waals surface area contributed by atoms with E-state index in [1.165, 1.54) is 23.5 Å². The molecular formula is C14H19NO4S. The number of carbonyl (C=O) groups is 1. The second-order valence-electron chi connectivity index (χ2n) is 4.81. The molecule has 1 aliphatic rings. The van der Waals surface area contributed by atoms with E-state index in [9.17, 15) is 13.2 Å². The molecule has 0 aliphatic carbocycles. The first kappa shape index (κ1) is 15.0. The van der Waals surface area contributed by atoms with Crippen LogP contribution >= 0.6 is 0 Å². The van der Waals surface area contributed by atoms with E-state index in [2.05, 4.69) is 4.74 Å². The van der Waals surface area contributed by atoms with Crippen LogP contribution in [0.4, 0.5) is 0 Å². The Morgan fingerprint density at radius 1 is 1.10 bits per heavy atom. The van der Waals surface area contributed by atoms with Gasteiger partial charge in [0.15, 0.2) is 0 Å². The molecule has 1 fully saturated rings. The third-order valence-corrected chi connectivity index (χ3v) is 5.43. The summed E-state index contributed by atoms with van der Waals surface area (Å²) in [4.78, 5) is 11.8. The van der Waals surface area contributed by atoms with Gasteiger partial charge in [0.2, 0.25) is 10.0 Å². The summed E-state index contributed by atoms with van der Waals surface area (Å²) in [6, 6.07) is 6.20. The standard InChI is InChI=1S/C14H19NO4S/c1-19-14(16)12-8-4-5-9-13(12)20(17,18)15-10-6-2-3-7-11-15/h4-5,8-9H,2-3,6-7,10-11H2,1H3. The van der Waals surface area contributed by atoms with Crippen LogP contribution in [-0.2, 0) is 14.8 Å². The van der Waals surface area contributed by atoms with E-state index in [1.54, 1.807) is 12.1 Å². The maximum atomic E-state index is 12.7. The van der Waals surface area contributed by atoms with Gasteiger partial charge in [-0.3, -0.25) is 0 Å². The Bertz CT molecular complexity index is 575. The van der Waals surface area contributed by atoms with E-state index in [0.717, 1.165) is 25.7 Å². The predicted octanol–water partition coefficient (Wildman–Crippen LogP) is 2.04. The van der Waals surface area contributed by atoms with Gasteiger partial charge in [0, 0.05) is 13.1 Å². The van der Waals surface area contributed by atoms with E-state index in [1.807, 2.05) is 0 Å². The van der Waals surface area contributed by atoms with Crippen molar-refractivity contribution in [2.75, 3.05) is 20.2 Å². The molecule has 0 unspecified atom stereocenters. The van der Waals surface area contributed by atoms with Crippen LogP contribution in [0.3, 0.4) is 0 Å². The molecule has 0 aromatic heterocycles. The van der Waals surface area contributed by atoms with Crippen LogP contribution in [0.15, 0.2) is 29.2 Å². The minimum atomic E-state index is -3.64. The molecule has 2 rings (SSSR count). The second-order valence-corrected chi connectivity index (χ2v) is 6.71. The highest BCUT2D eigenvalue weighted by Gasteiger charge is 2.29. The van der Waals surface area contributed by atoms with Crippen molar-refractivity contribution in [1.29, 1.82) is 0 Å². The van der Waals surface area contributed by atoms with E-state index in [-0.39, 0.29) is 10.5 Å². The van der Waals surface area contributed by atoms with Crippen molar-refractivity contribution in [2.45, 2.75) is 30.6 Å². The summed E-state index contributed by atoms with van der Waals surface area (Å²) in [5, 5.41) is 0. The summed E-state index contributed by atoms with van der Waals surface area (Å²) in [5.41, 5.74) is 0.0965. The van der Waals surface area contributed by atoms with Crippen molar-refractivity contribution in [3.8, 4) is 0 Å². The first-order chi connectivity index (χ1) is 9.57. The number of ether oxygens (including phenoxy) is 1. The zero-order chi connectivity index (χ0) is 14.6. The molecule has 1 aliphatic heterocycles. The molecule has 110 valence electrons. The van der Waals surface area contributed by atoms with Crippen molar-refractivity contribution in [1.82, 2.24) is 4.31 Å². The second kappa shape index (κ2) is 6.37. The van der Waals surface area contributed by atoms with Crippen LogP contribution in [0.1, 0.15) is 36.0 Å². The monoisotopic (exact) mass is 297 g/mol. The van der Waals surface area contributed by atoms with Gasteiger partial charge in [-0.2, -0.15) is 4.31 Å². The van der Waals surface area contributed by atoms with Crippen molar-refractivity contribution < 1.29 is 17.9 Å². The predicted molar refractivity (Wildman–Crippen MR) is 75.0 cm³/mol. The quantitative estimate of drug-likeness (QED) is 0.801. The van der Waals surface area contributed by atoms with Crippen LogP contribution in [0.25, 0.3) is 0 Å². The Hall–Kier alpha value is -1.40. The largest absolute Gasteiger partial charge is 0.465 e. The molecule has 1 aromatic carbocycles. The molecule has 0 N–H and O–H groups in total. The Morgan fingerprint density at radius 2 is 1.70 bits per heavy atom. The van der Waals surface area contributed by atoms with Gasteiger partial charge in [-0.15, -0.1) is 0 Å². The Balaban J connectivity index is 2.41. The highest BCUT2D eigenvalue weighted by Crippen LogP contribution is 2.23. The van der Waals surface area contributed by atoms with Gasteiger partial charge in [-0.25, -0.2) is 13.2 Å². The molecule has 1 heterocycles. The number of carbonyl (C=O) groups excluding carboxylic acids is 1. The fourth-order valence-corrected chi connectivity index (χ4v) is 4.09. The average molecular weight is 297 g/mol. The third-order valence-electron chi connectivity index (χ3n) is 3.48. The van der Waals surface area contributed by atoms with Gasteiger partial charge in [0.25, 0.3) is 0 Å². The number of hydrogen-bond acceptors (Lipinski definition) is 4. The number of methoxy groups -OCH3 is 1. The SMILES string of the molecule is COC(=O)c1ccccc1S(=O)(=O)N1CCCCCC1. The van der Waals surface area contributed by atoms with Crippen LogP contribution in [0, 0.1) is 0 Å². The fourth-order valence-electron chi connectivity index (χ4n) is 2.39. The van der Waals surface area contributed by atoms with Gasteiger partial charge in [-0.05, 0) is 25.0 Å².